The molecule has 0 aliphatic rings. The van der Waals surface area contributed by atoms with Crippen molar-refractivity contribution in [1.82, 2.24) is 9.78 Å². The average Bonchev–Trinajstić information content (AvgIpc) is 1.85. The van der Waals surface area contributed by atoms with Crippen LogP contribution in [0.25, 0.3) is 0 Å². The molecule has 3 nitrogen and oxygen atoms in total. The van der Waals surface area contributed by atoms with Gasteiger partial charge in [-0.3, -0.25) is 14.6 Å². The van der Waals surface area contributed by atoms with Gasteiger partial charge in [-0.1, -0.05) is 0 Å². The zero-order chi connectivity index (χ0) is 6.15. The predicted octanol–water partition coefficient (Wildman–Crippen LogP) is -0.178. The number of nitrogens with one attached hydrogen (secondary N) is 1. The quantitative estimate of drug-likeness (QED) is 0.495. The molecule has 1 radical (unpaired) electrons. The number of hydrogen-bond donors (Lipinski definition) is 1. The van der Waals surface area contributed by atoms with Gasteiger partial charge in [0.05, 0.1) is 6.07 Å². The molecule has 1 N–H and O–H groups in total. The van der Waals surface area contributed by atoms with Crippen LogP contribution in [-0.2, 0) is 7.05 Å². The largest absolute Gasteiger partial charge is 0.292 e. The summed E-state index contributed by atoms with van der Waals surface area (Å²) in [6, 6.07) is 2.56. The molecule has 1 heterocycles. The standard InChI is InChI=1S/C5H7N2O/c1-4-3-5(8)6-7(4)2/h1-2H3,(H,6,8). The number of rotatable bonds is 0. The third-order valence-corrected chi connectivity index (χ3v) is 1.07. The average molecular weight is 111 g/mol. The monoisotopic (exact) mass is 111 g/mol. The molecule has 8 heavy (non-hydrogen) atoms. The molecule has 1 aromatic heterocycles. The molecule has 0 saturated heterocycles. The van der Waals surface area contributed by atoms with Gasteiger partial charge in [0.15, 0.2) is 0 Å². The zero-order valence-corrected chi connectivity index (χ0v) is 4.86. The van der Waals surface area contributed by atoms with Crippen LogP contribution in [0.2, 0.25) is 0 Å². The Hall–Kier alpha value is -0.990. The molecule has 0 aliphatic carbocycles. The van der Waals surface area contributed by atoms with Crippen LogP contribution >= 0.6 is 0 Å². The van der Waals surface area contributed by atoms with Crippen molar-refractivity contribution in [3.05, 3.63) is 22.1 Å². The van der Waals surface area contributed by atoms with Gasteiger partial charge < -0.3 is 0 Å². The van der Waals surface area contributed by atoms with Crippen LogP contribution in [0, 0.1) is 13.0 Å². The number of aromatic nitrogens is 2. The van der Waals surface area contributed by atoms with E-state index in [9.17, 15) is 4.79 Å². The minimum atomic E-state index is -0.162. The second-order valence-electron chi connectivity index (χ2n) is 1.71. The van der Waals surface area contributed by atoms with Crippen LogP contribution in [0.15, 0.2) is 4.79 Å². The fraction of sp³-hybridized carbons (Fsp3) is 0.400. The van der Waals surface area contributed by atoms with Crippen molar-refractivity contribution in [2.24, 2.45) is 7.05 Å². The molecule has 0 fully saturated rings. The van der Waals surface area contributed by atoms with Crippen LogP contribution in [0.1, 0.15) is 5.69 Å². The second-order valence-corrected chi connectivity index (χ2v) is 1.71. The molecular formula is C5H7N2O. The molecule has 0 amide bonds. The Morgan fingerprint density at radius 2 is 2.38 bits per heavy atom. The van der Waals surface area contributed by atoms with Crippen LogP contribution in [0.5, 0.6) is 0 Å². The minimum absolute atomic E-state index is 0.162. The van der Waals surface area contributed by atoms with Gasteiger partial charge in [-0.15, -0.1) is 0 Å². The lowest BCUT2D eigenvalue weighted by Gasteiger charge is -1.88. The summed E-state index contributed by atoms with van der Waals surface area (Å²) in [5.41, 5.74) is 0.667. The molecule has 0 atom stereocenters. The van der Waals surface area contributed by atoms with Crippen molar-refractivity contribution >= 4 is 0 Å². The lowest BCUT2D eigenvalue weighted by atomic mass is 10.5. The fourth-order valence-electron chi connectivity index (χ4n) is 0.512. The van der Waals surface area contributed by atoms with Gasteiger partial charge in [0.2, 0.25) is 0 Å². The maximum absolute atomic E-state index is 10.4. The molecule has 0 spiro atoms. The number of hydrogen-bond acceptors (Lipinski definition) is 1. The Balaban J connectivity index is 3.35. The summed E-state index contributed by atoms with van der Waals surface area (Å²) in [7, 11) is 1.77. The van der Waals surface area contributed by atoms with Gasteiger partial charge in [-0.05, 0) is 6.92 Å². The number of aryl methyl sites for hydroxylation is 2. The summed E-state index contributed by atoms with van der Waals surface area (Å²) in [6.45, 7) is 1.82. The highest BCUT2D eigenvalue weighted by molar-refractivity contribution is 4.93. The second kappa shape index (κ2) is 1.51. The Bertz CT molecular complexity index is 210. The molecule has 1 rings (SSSR count). The predicted molar refractivity (Wildman–Crippen MR) is 29.6 cm³/mol. The van der Waals surface area contributed by atoms with E-state index in [1.165, 1.54) is 0 Å². The number of H-pyrrole nitrogens is 1. The Morgan fingerprint density at radius 1 is 1.75 bits per heavy atom. The van der Waals surface area contributed by atoms with E-state index in [1.807, 2.05) is 6.92 Å². The van der Waals surface area contributed by atoms with Crippen LogP contribution in [-0.4, -0.2) is 9.78 Å². The maximum Gasteiger partial charge on any atom is 0.272 e. The lowest BCUT2D eigenvalue weighted by Crippen LogP contribution is -2.00. The molecule has 0 aromatic carbocycles. The highest BCUT2D eigenvalue weighted by atomic mass is 16.1. The zero-order valence-electron chi connectivity index (χ0n) is 4.86. The first-order chi connectivity index (χ1) is 3.70. The van der Waals surface area contributed by atoms with Crippen molar-refractivity contribution in [1.29, 1.82) is 0 Å². The SMILES string of the molecule is Cc1[c]c(=O)[nH]n1C. The first-order valence-electron chi connectivity index (χ1n) is 2.35. The van der Waals surface area contributed by atoms with Gasteiger partial charge in [-0.2, -0.15) is 0 Å². The van der Waals surface area contributed by atoms with Gasteiger partial charge in [0, 0.05) is 12.7 Å². The maximum atomic E-state index is 10.4. The van der Waals surface area contributed by atoms with Crippen LogP contribution < -0.4 is 5.56 Å². The number of nitrogens with zero attached hydrogens (tertiary/aromatic N) is 1. The Kier molecular flexibility index (Phi) is 0.970. The first-order valence-corrected chi connectivity index (χ1v) is 2.35. The van der Waals surface area contributed by atoms with Crippen LogP contribution in [0.4, 0.5) is 0 Å². The van der Waals surface area contributed by atoms with Crippen molar-refractivity contribution in [2.45, 2.75) is 6.92 Å². The lowest BCUT2D eigenvalue weighted by molar-refractivity contribution is 0.731. The molecule has 0 bridgehead atoms. The van der Waals surface area contributed by atoms with E-state index in [0.29, 0.717) is 0 Å². The summed E-state index contributed by atoms with van der Waals surface area (Å²) < 4.78 is 1.63. The normalized spacial score (nSPS) is 9.75. The number of aromatic amines is 1. The van der Waals surface area contributed by atoms with Crippen molar-refractivity contribution < 1.29 is 0 Å². The third kappa shape index (κ3) is 0.665. The summed E-state index contributed by atoms with van der Waals surface area (Å²) in [4.78, 5) is 10.4. The van der Waals surface area contributed by atoms with Gasteiger partial charge in [0.1, 0.15) is 0 Å². The highest BCUT2D eigenvalue weighted by Crippen LogP contribution is 1.82. The topological polar surface area (TPSA) is 37.8 Å². The third-order valence-electron chi connectivity index (χ3n) is 1.07. The molecule has 3 heteroatoms. The molecule has 1 aromatic rings. The smallest absolute Gasteiger partial charge is 0.272 e. The summed E-state index contributed by atoms with van der Waals surface area (Å²) in [5.74, 6) is 0. The minimum Gasteiger partial charge on any atom is -0.292 e. The van der Waals surface area contributed by atoms with Crippen molar-refractivity contribution in [2.75, 3.05) is 0 Å². The van der Waals surface area contributed by atoms with E-state index in [0.717, 1.165) is 5.69 Å². The van der Waals surface area contributed by atoms with E-state index >= 15 is 0 Å². The van der Waals surface area contributed by atoms with E-state index in [2.05, 4.69) is 11.2 Å². The fourth-order valence-corrected chi connectivity index (χ4v) is 0.512. The molecule has 0 saturated carbocycles. The molecule has 43 valence electrons. The van der Waals surface area contributed by atoms with Crippen LogP contribution in [0.3, 0.4) is 0 Å². The van der Waals surface area contributed by atoms with Gasteiger partial charge in [0.25, 0.3) is 5.56 Å². The first kappa shape index (κ1) is 5.15. The summed E-state index contributed by atoms with van der Waals surface area (Å²) in [6.07, 6.45) is 0. The van der Waals surface area contributed by atoms with Gasteiger partial charge >= 0.3 is 0 Å². The van der Waals surface area contributed by atoms with Gasteiger partial charge in [-0.25, -0.2) is 0 Å². The Labute approximate surface area is 46.9 Å². The van der Waals surface area contributed by atoms with E-state index in [-0.39, 0.29) is 5.56 Å². The van der Waals surface area contributed by atoms with Crippen molar-refractivity contribution in [3.63, 3.8) is 0 Å². The molecule has 0 aliphatic heterocycles. The summed E-state index contributed by atoms with van der Waals surface area (Å²) in [5, 5.41) is 2.51. The van der Waals surface area contributed by atoms with E-state index < -0.39 is 0 Å². The van der Waals surface area contributed by atoms with Crippen molar-refractivity contribution in [3.8, 4) is 0 Å². The molecular weight excluding hydrogens is 104 g/mol. The summed E-state index contributed by atoms with van der Waals surface area (Å²) >= 11 is 0. The van der Waals surface area contributed by atoms with E-state index in [1.54, 1.807) is 11.7 Å². The molecule has 0 unspecified atom stereocenters. The van der Waals surface area contributed by atoms with E-state index in [4.69, 9.17) is 0 Å². The Morgan fingerprint density at radius 3 is 2.50 bits per heavy atom. The highest BCUT2D eigenvalue weighted by Gasteiger charge is 1.90.